The van der Waals surface area contributed by atoms with Crippen LogP contribution >= 0.6 is 0 Å². The van der Waals surface area contributed by atoms with Gasteiger partial charge in [0.2, 0.25) is 5.71 Å². The van der Waals surface area contributed by atoms with Crippen molar-refractivity contribution in [2.75, 3.05) is 0 Å². The number of benzene rings is 7. The second-order valence-corrected chi connectivity index (χ2v) is 13.3. The largest absolute Gasteiger partial charge is 0.454 e. The summed E-state index contributed by atoms with van der Waals surface area (Å²) >= 11 is 0. The van der Waals surface area contributed by atoms with Gasteiger partial charge in [-0.15, -0.1) is 0 Å². The van der Waals surface area contributed by atoms with Crippen LogP contribution < -0.4 is 0 Å². The minimum absolute atomic E-state index is 0.497. The van der Waals surface area contributed by atoms with Gasteiger partial charge >= 0.3 is 0 Å². The first-order valence-electron chi connectivity index (χ1n) is 17.4. The monoisotopic (exact) mass is 666 g/mol. The van der Waals surface area contributed by atoms with Gasteiger partial charge in [0.1, 0.15) is 22.4 Å². The lowest BCUT2D eigenvalue weighted by atomic mass is 10.1. The van der Waals surface area contributed by atoms with Crippen molar-refractivity contribution in [2.45, 2.75) is 0 Å². The Bertz CT molecular complexity index is 3360. The number of hydrogen-bond acceptors (Lipinski definition) is 4. The molecule has 0 radical (unpaired) electrons. The van der Waals surface area contributed by atoms with Crippen LogP contribution in [0.25, 0.3) is 111 Å². The number of para-hydroxylation sites is 5. The van der Waals surface area contributed by atoms with E-state index in [4.69, 9.17) is 18.8 Å². The van der Waals surface area contributed by atoms with Crippen molar-refractivity contribution in [3.05, 3.63) is 158 Å². The topological polar surface area (TPSA) is 61.9 Å². The predicted octanol–water partition coefficient (Wildman–Crippen LogP) is 12.1. The fourth-order valence-corrected chi connectivity index (χ4v) is 8.35. The summed E-state index contributed by atoms with van der Waals surface area (Å²) in [6, 6.07) is 54.7. The van der Waals surface area contributed by atoms with Gasteiger partial charge in [0, 0.05) is 37.9 Å². The van der Waals surface area contributed by atoms with E-state index < -0.39 is 0 Å². The van der Waals surface area contributed by atoms with Crippen LogP contribution in [-0.4, -0.2) is 19.1 Å². The quantitative estimate of drug-likeness (QED) is 0.188. The van der Waals surface area contributed by atoms with Crippen LogP contribution in [-0.2, 0) is 0 Å². The Hall–Kier alpha value is -7.18. The van der Waals surface area contributed by atoms with Gasteiger partial charge in [-0.3, -0.25) is 4.57 Å². The molecule has 7 aromatic carbocycles. The van der Waals surface area contributed by atoms with Gasteiger partial charge in [0.15, 0.2) is 11.4 Å². The smallest absolute Gasteiger partial charge is 0.248 e. The maximum atomic E-state index is 6.94. The number of fused-ring (bicyclic) bond motifs is 13. The van der Waals surface area contributed by atoms with Crippen molar-refractivity contribution < 1.29 is 8.83 Å². The minimum Gasteiger partial charge on any atom is -0.454 e. The molecule has 0 unspecified atom stereocenters. The first kappa shape index (κ1) is 27.6. The van der Waals surface area contributed by atoms with E-state index in [0.717, 1.165) is 88.2 Å². The molecule has 242 valence electrons. The lowest BCUT2D eigenvalue weighted by molar-refractivity contribution is 0.652. The Kier molecular flexibility index (Phi) is 5.41. The maximum absolute atomic E-state index is 6.94. The fourth-order valence-electron chi connectivity index (χ4n) is 8.35. The van der Waals surface area contributed by atoms with Crippen molar-refractivity contribution in [2.24, 2.45) is 0 Å². The average Bonchev–Trinajstić information content (AvgIpc) is 3.95. The number of nitrogens with zero attached hydrogens (tertiary/aromatic N) is 4. The van der Waals surface area contributed by atoms with Crippen molar-refractivity contribution in [1.29, 1.82) is 0 Å². The Labute approximate surface area is 295 Å². The van der Waals surface area contributed by atoms with E-state index in [0.29, 0.717) is 11.5 Å². The highest BCUT2D eigenvalue weighted by Crippen LogP contribution is 2.46. The van der Waals surface area contributed by atoms with Gasteiger partial charge < -0.3 is 13.4 Å². The van der Waals surface area contributed by atoms with Crippen LogP contribution in [0.4, 0.5) is 0 Å². The molecule has 0 atom stereocenters. The van der Waals surface area contributed by atoms with E-state index >= 15 is 0 Å². The normalized spacial score (nSPS) is 12.2. The van der Waals surface area contributed by atoms with Gasteiger partial charge in [-0.05, 0) is 42.5 Å². The lowest BCUT2D eigenvalue weighted by Gasteiger charge is -2.14. The van der Waals surface area contributed by atoms with E-state index in [1.807, 2.05) is 48.5 Å². The summed E-state index contributed by atoms with van der Waals surface area (Å²) < 4.78 is 18.0. The van der Waals surface area contributed by atoms with Crippen LogP contribution in [0.3, 0.4) is 0 Å². The third-order valence-electron chi connectivity index (χ3n) is 10.5. The molecule has 5 heterocycles. The Morgan fingerprint density at radius 3 is 1.67 bits per heavy atom. The molecule has 0 saturated carbocycles. The van der Waals surface area contributed by atoms with Gasteiger partial charge in [0.25, 0.3) is 0 Å². The van der Waals surface area contributed by atoms with Crippen LogP contribution in [0.2, 0.25) is 0 Å². The standard InChI is InChI=1S/C46H26N4O2/c1-2-14-27(15-3-1)41-45(48-46-42(47-41)32-20-8-13-25-39(32)52-46)50-36-23-11-6-18-30(36)33-26-37(44-40(43(33)50)31-19-7-12-24-38(31)51-44)49-34-21-9-4-16-28(34)29-17-5-10-22-35(29)49/h1-26H. The molecule has 0 bridgehead atoms. The molecular weight excluding hydrogens is 641 g/mol. The first-order valence-corrected chi connectivity index (χ1v) is 17.4. The third kappa shape index (κ3) is 3.62. The summed E-state index contributed by atoms with van der Waals surface area (Å²) in [5.74, 6) is 0.695. The van der Waals surface area contributed by atoms with Crippen molar-refractivity contribution in [3.8, 4) is 22.8 Å². The molecule has 0 saturated heterocycles. The summed E-state index contributed by atoms with van der Waals surface area (Å²) in [7, 11) is 0. The van der Waals surface area contributed by atoms with Gasteiger partial charge in [-0.1, -0.05) is 115 Å². The predicted molar refractivity (Wildman–Crippen MR) is 211 cm³/mol. The molecule has 12 aromatic rings. The van der Waals surface area contributed by atoms with Crippen LogP contribution in [0.1, 0.15) is 0 Å². The highest BCUT2D eigenvalue weighted by atomic mass is 16.3. The van der Waals surface area contributed by atoms with Gasteiger partial charge in [0.05, 0.1) is 33.1 Å². The number of rotatable bonds is 3. The molecule has 0 aliphatic carbocycles. The molecule has 0 aliphatic rings. The van der Waals surface area contributed by atoms with E-state index in [9.17, 15) is 0 Å². The van der Waals surface area contributed by atoms with E-state index in [1.54, 1.807) is 0 Å². The Morgan fingerprint density at radius 1 is 0.442 bits per heavy atom. The van der Waals surface area contributed by atoms with Crippen molar-refractivity contribution in [1.82, 2.24) is 19.1 Å². The molecule has 52 heavy (non-hydrogen) atoms. The highest BCUT2D eigenvalue weighted by Gasteiger charge is 2.27. The molecule has 0 amide bonds. The maximum Gasteiger partial charge on any atom is 0.248 e. The van der Waals surface area contributed by atoms with Crippen LogP contribution in [0.5, 0.6) is 0 Å². The molecule has 12 rings (SSSR count). The average molecular weight is 667 g/mol. The number of furan rings is 2. The SMILES string of the molecule is c1ccc(-c2nc3c(nc2-n2c4ccccc4c4cc(-n5c6ccccc6c6ccccc65)c5oc6ccccc6c5c42)oc2ccccc23)cc1. The molecule has 5 aromatic heterocycles. The van der Waals surface area contributed by atoms with E-state index in [2.05, 4.69) is 118 Å². The van der Waals surface area contributed by atoms with Crippen LogP contribution in [0, 0.1) is 0 Å². The summed E-state index contributed by atoms with van der Waals surface area (Å²) in [5.41, 5.74) is 10.6. The molecule has 0 aliphatic heterocycles. The zero-order chi connectivity index (χ0) is 33.9. The number of hydrogen-bond donors (Lipinski definition) is 0. The molecule has 6 nitrogen and oxygen atoms in total. The molecule has 6 heteroatoms. The molecule has 0 N–H and O–H groups in total. The zero-order valence-corrected chi connectivity index (χ0v) is 27.6. The van der Waals surface area contributed by atoms with E-state index in [1.165, 1.54) is 10.8 Å². The Morgan fingerprint density at radius 2 is 0.981 bits per heavy atom. The summed E-state index contributed by atoms with van der Waals surface area (Å²) in [6.45, 7) is 0. The van der Waals surface area contributed by atoms with Gasteiger partial charge in [-0.2, -0.15) is 4.98 Å². The zero-order valence-electron chi connectivity index (χ0n) is 27.6. The highest BCUT2D eigenvalue weighted by molar-refractivity contribution is 6.27. The Balaban J connectivity index is 1.31. The van der Waals surface area contributed by atoms with E-state index in [-0.39, 0.29) is 0 Å². The van der Waals surface area contributed by atoms with Gasteiger partial charge in [-0.25, -0.2) is 4.98 Å². The molecule has 0 spiro atoms. The van der Waals surface area contributed by atoms with Crippen LogP contribution in [0.15, 0.2) is 167 Å². The molecular formula is C46H26N4O2. The summed E-state index contributed by atoms with van der Waals surface area (Å²) in [5, 5.41) is 7.60. The summed E-state index contributed by atoms with van der Waals surface area (Å²) in [4.78, 5) is 10.7. The van der Waals surface area contributed by atoms with Crippen molar-refractivity contribution >= 4 is 87.7 Å². The minimum atomic E-state index is 0.497. The fraction of sp³-hybridized carbons (Fsp3) is 0. The third-order valence-corrected chi connectivity index (χ3v) is 10.5. The second-order valence-electron chi connectivity index (χ2n) is 13.3. The molecule has 0 fully saturated rings. The summed E-state index contributed by atoms with van der Waals surface area (Å²) in [6.07, 6.45) is 0. The number of aromatic nitrogens is 4. The lowest BCUT2D eigenvalue weighted by Crippen LogP contribution is -2.03. The van der Waals surface area contributed by atoms with Crippen molar-refractivity contribution in [3.63, 3.8) is 0 Å². The first-order chi connectivity index (χ1) is 25.8. The second kappa shape index (κ2) is 10.2.